The molecule has 0 aromatic heterocycles. The van der Waals surface area contributed by atoms with E-state index in [1.165, 1.54) is 19.9 Å². The van der Waals surface area contributed by atoms with Crippen LogP contribution in [-0.4, -0.2) is 31.5 Å². The van der Waals surface area contributed by atoms with Gasteiger partial charge in [0.25, 0.3) is 0 Å². The lowest BCUT2D eigenvalue weighted by molar-refractivity contribution is -0.142. The van der Waals surface area contributed by atoms with Crippen molar-refractivity contribution in [2.24, 2.45) is 4.99 Å². The minimum Gasteiger partial charge on any atom is -0.436 e. The topological polar surface area (TPSA) is 65.0 Å². The molecule has 0 aliphatic carbocycles. The molecule has 0 bridgehead atoms. The molecule has 0 radical (unpaired) electrons. The van der Waals surface area contributed by atoms with E-state index in [4.69, 9.17) is 4.74 Å². The second-order valence-corrected chi connectivity index (χ2v) is 2.79. The van der Waals surface area contributed by atoms with Crippen molar-refractivity contribution in [3.8, 4) is 0 Å². The number of esters is 1. The highest BCUT2D eigenvalue weighted by atomic mass is 16.6. The zero-order valence-electron chi connectivity index (χ0n) is 10.3. The van der Waals surface area contributed by atoms with E-state index in [0.29, 0.717) is 0 Å². The van der Waals surface area contributed by atoms with Gasteiger partial charge in [-0.25, -0.2) is 9.59 Å². The summed E-state index contributed by atoms with van der Waals surface area (Å²) in [6.45, 7) is 12.0. The predicted octanol–water partition coefficient (Wildman–Crippen LogP) is 1.83. The van der Waals surface area contributed by atoms with Crippen LogP contribution in [0.2, 0.25) is 0 Å². The maximum atomic E-state index is 10.7. The molecule has 0 amide bonds. The number of rotatable bonds is 5. The third-order valence-corrected chi connectivity index (χ3v) is 1.27. The van der Waals surface area contributed by atoms with Crippen molar-refractivity contribution in [2.75, 3.05) is 13.2 Å². The van der Waals surface area contributed by atoms with E-state index < -0.39 is 12.2 Å². The molecule has 0 aromatic carbocycles. The van der Waals surface area contributed by atoms with E-state index in [1.807, 2.05) is 13.8 Å². The molecule has 0 N–H and O–H groups in total. The molecule has 0 aliphatic heterocycles. The summed E-state index contributed by atoms with van der Waals surface area (Å²) in [7, 11) is 0. The Kier molecular flexibility index (Phi) is 12.3. The minimum absolute atomic E-state index is 0.276. The maximum absolute atomic E-state index is 10.7. The van der Waals surface area contributed by atoms with Crippen molar-refractivity contribution in [1.82, 2.24) is 0 Å². The van der Waals surface area contributed by atoms with Gasteiger partial charge in [-0.3, -0.25) is 0 Å². The predicted molar refractivity (Wildman–Crippen MR) is 60.7 cm³/mol. The molecule has 1 unspecified atom stereocenters. The highest BCUT2D eigenvalue weighted by molar-refractivity contribution is 5.87. The molecule has 5 nitrogen and oxygen atoms in total. The van der Waals surface area contributed by atoms with Gasteiger partial charge in [0.05, 0.1) is 0 Å². The fraction of sp³-hybridized carbons (Fsp3) is 0.636. The van der Waals surface area contributed by atoms with Gasteiger partial charge in [-0.1, -0.05) is 6.58 Å². The van der Waals surface area contributed by atoms with Gasteiger partial charge in [-0.15, -0.1) is 0 Å². The van der Waals surface area contributed by atoms with Gasteiger partial charge in [-0.2, -0.15) is 4.99 Å². The van der Waals surface area contributed by atoms with Gasteiger partial charge in [0.2, 0.25) is 12.3 Å². The summed E-state index contributed by atoms with van der Waals surface area (Å²) in [6.07, 6.45) is 0.499. The standard InChI is InChI=1S/C7H9NO3.C4H10O/c1-5(2)7(10)11-6(3)8-4-9;1-3-5-4-2/h6H,1H2,2-3H3;3-4H2,1-2H3. The van der Waals surface area contributed by atoms with Crippen molar-refractivity contribution in [3.63, 3.8) is 0 Å². The second-order valence-electron chi connectivity index (χ2n) is 2.79. The summed E-state index contributed by atoms with van der Waals surface area (Å²) in [5.74, 6) is -0.559. The normalized spacial score (nSPS) is 10.2. The number of carbonyl (C=O) groups excluding carboxylic acids is 2. The summed E-state index contributed by atoms with van der Waals surface area (Å²) in [5.41, 5.74) is 0.276. The number of isocyanates is 1. The van der Waals surface area contributed by atoms with Gasteiger partial charge >= 0.3 is 5.97 Å². The van der Waals surface area contributed by atoms with E-state index in [9.17, 15) is 9.59 Å². The Balaban J connectivity index is 0. The lowest BCUT2D eigenvalue weighted by Crippen LogP contribution is -2.12. The van der Waals surface area contributed by atoms with Crippen LogP contribution in [-0.2, 0) is 19.1 Å². The number of carbonyl (C=O) groups is 1. The van der Waals surface area contributed by atoms with Crippen molar-refractivity contribution in [1.29, 1.82) is 0 Å². The molecule has 1 atom stereocenters. The Morgan fingerprint density at radius 1 is 1.44 bits per heavy atom. The Morgan fingerprint density at radius 2 is 1.94 bits per heavy atom. The molecular formula is C11H19NO4. The van der Waals surface area contributed by atoms with Crippen molar-refractivity contribution in [3.05, 3.63) is 12.2 Å². The van der Waals surface area contributed by atoms with E-state index in [1.54, 1.807) is 0 Å². The van der Waals surface area contributed by atoms with Crippen LogP contribution in [0.5, 0.6) is 0 Å². The van der Waals surface area contributed by atoms with Crippen LogP contribution >= 0.6 is 0 Å². The molecule has 92 valence electrons. The van der Waals surface area contributed by atoms with E-state index in [-0.39, 0.29) is 5.57 Å². The van der Waals surface area contributed by atoms with Gasteiger partial charge in [-0.05, 0) is 27.7 Å². The van der Waals surface area contributed by atoms with E-state index in [0.717, 1.165) is 13.2 Å². The zero-order valence-corrected chi connectivity index (χ0v) is 10.3. The zero-order chi connectivity index (χ0) is 13.0. The van der Waals surface area contributed by atoms with Gasteiger partial charge in [0.1, 0.15) is 0 Å². The summed E-state index contributed by atoms with van der Waals surface area (Å²) in [5, 5.41) is 0. The van der Waals surface area contributed by atoms with Crippen LogP contribution in [0.3, 0.4) is 0 Å². The molecule has 0 rings (SSSR count). The number of ether oxygens (including phenoxy) is 2. The lowest BCUT2D eigenvalue weighted by Gasteiger charge is -2.05. The summed E-state index contributed by atoms with van der Waals surface area (Å²) in [4.78, 5) is 23.5. The number of aliphatic imine (C=N–C) groups is 1. The second kappa shape index (κ2) is 11.6. The number of nitrogens with zero attached hydrogens (tertiary/aromatic N) is 1. The van der Waals surface area contributed by atoms with Gasteiger partial charge in [0, 0.05) is 18.8 Å². The van der Waals surface area contributed by atoms with Crippen molar-refractivity contribution in [2.45, 2.75) is 33.9 Å². The maximum Gasteiger partial charge on any atom is 0.335 e. The van der Waals surface area contributed by atoms with Gasteiger partial charge in [0.15, 0.2) is 0 Å². The monoisotopic (exact) mass is 229 g/mol. The van der Waals surface area contributed by atoms with Crippen LogP contribution in [0.1, 0.15) is 27.7 Å². The fourth-order valence-electron chi connectivity index (χ4n) is 0.560. The Morgan fingerprint density at radius 3 is 2.19 bits per heavy atom. The Labute approximate surface area is 96.2 Å². The Hall–Kier alpha value is -1.45. The van der Waals surface area contributed by atoms with E-state index >= 15 is 0 Å². The van der Waals surface area contributed by atoms with Crippen LogP contribution in [0.25, 0.3) is 0 Å². The Bertz CT molecular complexity index is 255. The molecule has 0 aromatic rings. The first kappa shape index (κ1) is 17.0. The molecule has 16 heavy (non-hydrogen) atoms. The summed E-state index contributed by atoms with van der Waals surface area (Å²) < 4.78 is 9.42. The molecule has 0 saturated heterocycles. The van der Waals surface area contributed by atoms with Crippen LogP contribution in [0.4, 0.5) is 0 Å². The lowest BCUT2D eigenvalue weighted by atomic mass is 10.4. The molecule has 0 heterocycles. The number of hydrogen-bond acceptors (Lipinski definition) is 5. The highest BCUT2D eigenvalue weighted by Gasteiger charge is 2.07. The fourth-order valence-corrected chi connectivity index (χ4v) is 0.560. The third-order valence-electron chi connectivity index (χ3n) is 1.27. The largest absolute Gasteiger partial charge is 0.436 e. The first-order chi connectivity index (χ1) is 7.49. The average molecular weight is 229 g/mol. The molecule has 0 spiro atoms. The number of hydrogen-bond donors (Lipinski definition) is 0. The van der Waals surface area contributed by atoms with Crippen molar-refractivity contribution >= 4 is 12.0 Å². The first-order valence-corrected chi connectivity index (χ1v) is 5.00. The summed E-state index contributed by atoms with van der Waals surface area (Å²) >= 11 is 0. The molecule has 5 heteroatoms. The SMILES string of the molecule is C=C(C)C(=O)OC(C)N=C=O.CCOCC. The molecule has 0 saturated carbocycles. The molecule has 0 aliphatic rings. The molecule has 0 fully saturated rings. The first-order valence-electron chi connectivity index (χ1n) is 5.00. The van der Waals surface area contributed by atoms with Crippen molar-refractivity contribution < 1.29 is 19.1 Å². The molecular weight excluding hydrogens is 210 g/mol. The van der Waals surface area contributed by atoms with Crippen LogP contribution in [0, 0.1) is 0 Å². The smallest absolute Gasteiger partial charge is 0.335 e. The highest BCUT2D eigenvalue weighted by Crippen LogP contribution is 1.97. The van der Waals surface area contributed by atoms with Crippen LogP contribution in [0.15, 0.2) is 17.1 Å². The van der Waals surface area contributed by atoms with Crippen LogP contribution < -0.4 is 0 Å². The minimum atomic E-state index is -0.781. The van der Waals surface area contributed by atoms with Gasteiger partial charge < -0.3 is 9.47 Å². The van der Waals surface area contributed by atoms with E-state index in [2.05, 4.69) is 16.3 Å². The quantitative estimate of drug-likeness (QED) is 0.312. The third kappa shape index (κ3) is 12.6. The summed E-state index contributed by atoms with van der Waals surface area (Å²) in [6, 6.07) is 0. The average Bonchev–Trinajstić information content (AvgIpc) is 2.20.